The Balaban J connectivity index is 2.78. The van der Waals surface area contributed by atoms with Gasteiger partial charge in [0.2, 0.25) is 0 Å². The summed E-state index contributed by atoms with van der Waals surface area (Å²) < 4.78 is 12.8. The first-order valence-corrected chi connectivity index (χ1v) is 4.80. The van der Waals surface area contributed by atoms with Gasteiger partial charge in [0, 0.05) is 17.7 Å². The molecule has 0 bridgehead atoms. The van der Waals surface area contributed by atoms with Gasteiger partial charge in [-0.05, 0) is 12.5 Å². The van der Waals surface area contributed by atoms with Crippen molar-refractivity contribution in [1.29, 1.82) is 0 Å². The monoisotopic (exact) mass is 195 g/mol. The van der Waals surface area contributed by atoms with Crippen LogP contribution in [0.3, 0.4) is 0 Å². The lowest BCUT2D eigenvalue weighted by atomic mass is 9.96. The lowest BCUT2D eigenvalue weighted by molar-refractivity contribution is 0.0922. The van der Waals surface area contributed by atoms with Gasteiger partial charge in [-0.25, -0.2) is 4.39 Å². The smallest absolute Gasteiger partial charge is 0.167 e. The first-order valence-electron chi connectivity index (χ1n) is 4.80. The molecule has 0 radical (unpaired) electrons. The van der Waals surface area contributed by atoms with Crippen LogP contribution in [0.5, 0.6) is 0 Å². The fraction of sp³-hybridized carbons (Fsp3) is 0.455. The third kappa shape index (κ3) is 2.62. The second kappa shape index (κ2) is 4.84. The van der Waals surface area contributed by atoms with Gasteiger partial charge < -0.3 is 0 Å². The summed E-state index contributed by atoms with van der Waals surface area (Å²) in [5, 5.41) is 0. The van der Waals surface area contributed by atoms with Crippen molar-refractivity contribution in [3.05, 3.63) is 29.8 Å². The molecule has 2 nitrogen and oxygen atoms in total. The quantitative estimate of drug-likeness (QED) is 0.691. The van der Waals surface area contributed by atoms with E-state index >= 15 is 0 Å². The van der Waals surface area contributed by atoms with Crippen molar-refractivity contribution in [1.82, 2.24) is 4.98 Å². The molecule has 1 unspecified atom stereocenters. The predicted molar refractivity (Wildman–Crippen MR) is 52.6 cm³/mol. The van der Waals surface area contributed by atoms with Crippen LogP contribution in [0.1, 0.15) is 37.0 Å². The topological polar surface area (TPSA) is 30.0 Å². The fourth-order valence-electron chi connectivity index (χ4n) is 1.40. The van der Waals surface area contributed by atoms with Crippen LogP contribution in [0.15, 0.2) is 18.5 Å². The van der Waals surface area contributed by atoms with Gasteiger partial charge in [-0.2, -0.15) is 0 Å². The van der Waals surface area contributed by atoms with E-state index in [1.54, 1.807) is 0 Å². The molecule has 0 aromatic carbocycles. The predicted octanol–water partition coefficient (Wildman–Crippen LogP) is 2.84. The second-order valence-corrected chi connectivity index (χ2v) is 3.45. The van der Waals surface area contributed by atoms with E-state index in [1.165, 1.54) is 12.3 Å². The summed E-state index contributed by atoms with van der Waals surface area (Å²) in [6.07, 6.45) is 4.30. The maximum Gasteiger partial charge on any atom is 0.167 e. The minimum Gasteiger partial charge on any atom is -0.294 e. The zero-order valence-electron chi connectivity index (χ0n) is 8.46. The average molecular weight is 195 g/mol. The number of pyridine rings is 1. The van der Waals surface area contributed by atoms with Gasteiger partial charge in [-0.1, -0.05) is 20.3 Å². The van der Waals surface area contributed by atoms with Crippen LogP contribution < -0.4 is 0 Å². The molecule has 0 saturated carbocycles. The zero-order valence-corrected chi connectivity index (χ0v) is 8.46. The highest BCUT2D eigenvalue weighted by Crippen LogP contribution is 2.13. The van der Waals surface area contributed by atoms with Gasteiger partial charge in [-0.15, -0.1) is 0 Å². The molecule has 0 aliphatic rings. The number of rotatable bonds is 4. The number of nitrogens with zero attached hydrogens (tertiary/aromatic N) is 1. The Kier molecular flexibility index (Phi) is 3.74. The number of aromatic nitrogens is 1. The van der Waals surface area contributed by atoms with E-state index in [1.807, 2.05) is 13.8 Å². The maximum atomic E-state index is 12.8. The summed E-state index contributed by atoms with van der Waals surface area (Å²) in [6, 6.07) is 1.24. The number of carbonyl (C=O) groups is 1. The summed E-state index contributed by atoms with van der Waals surface area (Å²) in [7, 11) is 0. The molecule has 1 rings (SSSR count). The molecule has 14 heavy (non-hydrogen) atoms. The van der Waals surface area contributed by atoms with Crippen molar-refractivity contribution in [3.63, 3.8) is 0 Å². The first kappa shape index (κ1) is 10.8. The Labute approximate surface area is 83.2 Å². The van der Waals surface area contributed by atoms with Crippen LogP contribution in [0.4, 0.5) is 4.39 Å². The number of ketones is 1. The maximum absolute atomic E-state index is 12.8. The molecule has 0 N–H and O–H groups in total. The number of hydrogen-bond donors (Lipinski definition) is 0. The van der Waals surface area contributed by atoms with E-state index < -0.39 is 5.82 Å². The summed E-state index contributed by atoms with van der Waals surface area (Å²) in [6.45, 7) is 3.88. The molecule has 0 amide bonds. The molecular weight excluding hydrogens is 181 g/mol. The Hall–Kier alpha value is -1.25. The molecule has 1 atom stereocenters. The first-order chi connectivity index (χ1) is 6.65. The normalized spacial score (nSPS) is 12.5. The van der Waals surface area contributed by atoms with Gasteiger partial charge in [0.1, 0.15) is 5.82 Å². The van der Waals surface area contributed by atoms with E-state index in [0.29, 0.717) is 5.56 Å². The summed E-state index contributed by atoms with van der Waals surface area (Å²) in [5.41, 5.74) is 0.367. The Morgan fingerprint density at radius 3 is 2.86 bits per heavy atom. The fourth-order valence-corrected chi connectivity index (χ4v) is 1.40. The van der Waals surface area contributed by atoms with Crippen molar-refractivity contribution >= 4 is 5.78 Å². The van der Waals surface area contributed by atoms with Gasteiger partial charge in [0.25, 0.3) is 0 Å². The van der Waals surface area contributed by atoms with Crippen LogP contribution in [-0.2, 0) is 0 Å². The number of Topliss-reactive ketones (excluding diaryl/α,β-unsaturated/α-hetero) is 1. The van der Waals surface area contributed by atoms with Gasteiger partial charge >= 0.3 is 0 Å². The molecule has 1 aromatic rings. The standard InChI is InChI=1S/C11H14FNO/c1-3-4-8(2)11(14)9-5-10(12)7-13-6-9/h5-8H,3-4H2,1-2H3. The van der Waals surface area contributed by atoms with Crippen LogP contribution >= 0.6 is 0 Å². The third-order valence-corrected chi connectivity index (χ3v) is 2.16. The van der Waals surface area contributed by atoms with Crippen LogP contribution in [0.25, 0.3) is 0 Å². The van der Waals surface area contributed by atoms with Gasteiger partial charge in [0.05, 0.1) is 6.20 Å². The van der Waals surface area contributed by atoms with Crippen molar-refractivity contribution in [3.8, 4) is 0 Å². The SMILES string of the molecule is CCCC(C)C(=O)c1cncc(F)c1. The van der Waals surface area contributed by atoms with Gasteiger partial charge in [-0.3, -0.25) is 9.78 Å². The third-order valence-electron chi connectivity index (χ3n) is 2.16. The number of carbonyl (C=O) groups excluding carboxylic acids is 1. The van der Waals surface area contributed by atoms with Crippen LogP contribution in [0.2, 0.25) is 0 Å². The largest absolute Gasteiger partial charge is 0.294 e. The summed E-state index contributed by atoms with van der Waals surface area (Å²) in [4.78, 5) is 15.3. The Bertz CT molecular complexity index is 325. The van der Waals surface area contributed by atoms with E-state index in [2.05, 4.69) is 4.98 Å². The van der Waals surface area contributed by atoms with Crippen molar-refractivity contribution in [2.75, 3.05) is 0 Å². The average Bonchev–Trinajstić information content (AvgIpc) is 2.17. The highest BCUT2D eigenvalue weighted by atomic mass is 19.1. The van der Waals surface area contributed by atoms with Crippen molar-refractivity contribution < 1.29 is 9.18 Å². The summed E-state index contributed by atoms with van der Waals surface area (Å²) in [5.74, 6) is -0.540. The molecule has 0 aliphatic carbocycles. The molecular formula is C11H14FNO. The number of halogens is 1. The Morgan fingerprint density at radius 1 is 1.57 bits per heavy atom. The van der Waals surface area contributed by atoms with Gasteiger partial charge in [0.15, 0.2) is 5.78 Å². The molecule has 0 spiro atoms. The molecule has 0 saturated heterocycles. The zero-order chi connectivity index (χ0) is 10.6. The Morgan fingerprint density at radius 2 is 2.29 bits per heavy atom. The van der Waals surface area contributed by atoms with Crippen molar-refractivity contribution in [2.45, 2.75) is 26.7 Å². The number of hydrogen-bond acceptors (Lipinski definition) is 2. The molecule has 1 aromatic heterocycles. The highest BCUT2D eigenvalue weighted by Gasteiger charge is 2.14. The van der Waals surface area contributed by atoms with E-state index in [0.717, 1.165) is 19.0 Å². The minimum absolute atomic E-state index is 0.0288. The summed E-state index contributed by atoms with van der Waals surface area (Å²) >= 11 is 0. The molecule has 0 aliphatic heterocycles. The molecule has 0 fully saturated rings. The molecule has 1 heterocycles. The molecule has 3 heteroatoms. The lowest BCUT2D eigenvalue weighted by Gasteiger charge is -2.07. The second-order valence-electron chi connectivity index (χ2n) is 3.45. The molecule has 76 valence electrons. The minimum atomic E-state index is -0.459. The van der Waals surface area contributed by atoms with Crippen LogP contribution in [-0.4, -0.2) is 10.8 Å². The van der Waals surface area contributed by atoms with E-state index in [9.17, 15) is 9.18 Å². The van der Waals surface area contributed by atoms with Crippen molar-refractivity contribution in [2.24, 2.45) is 5.92 Å². The lowest BCUT2D eigenvalue weighted by Crippen LogP contribution is -2.11. The highest BCUT2D eigenvalue weighted by molar-refractivity contribution is 5.97. The van der Waals surface area contributed by atoms with E-state index in [4.69, 9.17) is 0 Å². The van der Waals surface area contributed by atoms with Crippen LogP contribution in [0, 0.1) is 11.7 Å². The van der Waals surface area contributed by atoms with E-state index in [-0.39, 0.29) is 11.7 Å².